The first-order valence-electron chi connectivity index (χ1n) is 5.88. The highest BCUT2D eigenvalue weighted by molar-refractivity contribution is 7.08. The molecule has 0 bridgehead atoms. The molecule has 0 aliphatic heterocycles. The molecule has 2 heterocycles. The SMILES string of the molecule is Cc1cscc1C(N)c1cncc2ccccc12. The second-order valence-corrected chi connectivity index (χ2v) is 5.18. The van der Waals surface area contributed by atoms with E-state index in [1.165, 1.54) is 16.5 Å². The predicted molar refractivity (Wildman–Crippen MR) is 76.8 cm³/mol. The molecule has 0 saturated heterocycles. The quantitative estimate of drug-likeness (QED) is 0.758. The smallest absolute Gasteiger partial charge is 0.0584 e. The summed E-state index contributed by atoms with van der Waals surface area (Å²) in [4.78, 5) is 4.30. The number of fused-ring (bicyclic) bond motifs is 1. The Labute approximate surface area is 110 Å². The van der Waals surface area contributed by atoms with Gasteiger partial charge in [-0.25, -0.2) is 0 Å². The zero-order valence-electron chi connectivity index (χ0n) is 10.1. The highest BCUT2D eigenvalue weighted by Crippen LogP contribution is 2.29. The third-order valence-electron chi connectivity index (χ3n) is 3.26. The van der Waals surface area contributed by atoms with Crippen LogP contribution in [0, 0.1) is 6.92 Å². The Bertz CT molecular complexity index is 682. The van der Waals surface area contributed by atoms with Gasteiger partial charge in [-0.2, -0.15) is 11.3 Å². The summed E-state index contributed by atoms with van der Waals surface area (Å²) in [5.41, 5.74) is 9.93. The molecule has 0 spiro atoms. The van der Waals surface area contributed by atoms with Gasteiger partial charge in [0, 0.05) is 17.8 Å². The maximum Gasteiger partial charge on any atom is 0.0584 e. The molecule has 1 unspecified atom stereocenters. The van der Waals surface area contributed by atoms with Crippen LogP contribution in [0.15, 0.2) is 47.4 Å². The predicted octanol–water partition coefficient (Wildman–Crippen LogP) is 3.65. The van der Waals surface area contributed by atoms with Crippen molar-refractivity contribution in [2.24, 2.45) is 5.73 Å². The van der Waals surface area contributed by atoms with Crippen LogP contribution in [0.2, 0.25) is 0 Å². The molecule has 1 atom stereocenters. The third kappa shape index (κ3) is 1.82. The summed E-state index contributed by atoms with van der Waals surface area (Å²) in [5.74, 6) is 0. The normalized spacial score (nSPS) is 12.8. The van der Waals surface area contributed by atoms with E-state index >= 15 is 0 Å². The summed E-state index contributed by atoms with van der Waals surface area (Å²) in [5, 5.41) is 6.58. The zero-order chi connectivity index (χ0) is 12.5. The Morgan fingerprint density at radius 2 is 1.94 bits per heavy atom. The molecule has 0 aliphatic carbocycles. The van der Waals surface area contributed by atoms with Gasteiger partial charge in [-0.1, -0.05) is 24.3 Å². The lowest BCUT2D eigenvalue weighted by Crippen LogP contribution is -2.12. The van der Waals surface area contributed by atoms with Crippen LogP contribution in [0.1, 0.15) is 22.7 Å². The number of rotatable bonds is 2. The van der Waals surface area contributed by atoms with Crippen molar-refractivity contribution in [2.75, 3.05) is 0 Å². The lowest BCUT2D eigenvalue weighted by Gasteiger charge is -2.14. The monoisotopic (exact) mass is 254 g/mol. The second-order valence-electron chi connectivity index (χ2n) is 4.44. The molecule has 2 N–H and O–H groups in total. The number of hydrogen-bond donors (Lipinski definition) is 1. The van der Waals surface area contributed by atoms with E-state index in [1.807, 2.05) is 24.5 Å². The summed E-state index contributed by atoms with van der Waals surface area (Å²) < 4.78 is 0. The number of thiophene rings is 1. The molecule has 0 fully saturated rings. The van der Waals surface area contributed by atoms with Gasteiger partial charge < -0.3 is 5.73 Å². The van der Waals surface area contributed by atoms with Gasteiger partial charge in [0.05, 0.1) is 6.04 Å². The van der Waals surface area contributed by atoms with Crippen LogP contribution < -0.4 is 5.73 Å². The van der Waals surface area contributed by atoms with Crippen molar-refractivity contribution >= 4 is 22.1 Å². The molecule has 90 valence electrons. The molecule has 2 nitrogen and oxygen atoms in total. The van der Waals surface area contributed by atoms with E-state index in [4.69, 9.17) is 5.73 Å². The fourth-order valence-electron chi connectivity index (χ4n) is 2.24. The van der Waals surface area contributed by atoms with E-state index in [0.29, 0.717) is 0 Å². The van der Waals surface area contributed by atoms with E-state index in [2.05, 4.69) is 34.8 Å². The average molecular weight is 254 g/mol. The van der Waals surface area contributed by atoms with Crippen LogP contribution in [-0.2, 0) is 0 Å². The number of nitrogens with two attached hydrogens (primary N) is 1. The van der Waals surface area contributed by atoms with Gasteiger partial charge in [0.1, 0.15) is 0 Å². The minimum atomic E-state index is -0.102. The first kappa shape index (κ1) is 11.4. The molecule has 18 heavy (non-hydrogen) atoms. The highest BCUT2D eigenvalue weighted by atomic mass is 32.1. The van der Waals surface area contributed by atoms with Gasteiger partial charge >= 0.3 is 0 Å². The van der Waals surface area contributed by atoms with Crippen molar-refractivity contribution in [3.63, 3.8) is 0 Å². The Morgan fingerprint density at radius 3 is 2.72 bits per heavy atom. The van der Waals surface area contributed by atoms with Crippen LogP contribution in [0.25, 0.3) is 10.8 Å². The van der Waals surface area contributed by atoms with Crippen LogP contribution in [0.5, 0.6) is 0 Å². The van der Waals surface area contributed by atoms with Crippen molar-refractivity contribution in [1.29, 1.82) is 0 Å². The lowest BCUT2D eigenvalue weighted by atomic mass is 9.96. The Hall–Kier alpha value is -1.71. The number of pyridine rings is 1. The topological polar surface area (TPSA) is 38.9 Å². The van der Waals surface area contributed by atoms with Gasteiger partial charge in [0.2, 0.25) is 0 Å². The highest BCUT2D eigenvalue weighted by Gasteiger charge is 2.14. The van der Waals surface area contributed by atoms with Gasteiger partial charge in [-0.05, 0) is 39.8 Å². The summed E-state index contributed by atoms with van der Waals surface area (Å²) in [7, 11) is 0. The van der Waals surface area contributed by atoms with Gasteiger partial charge in [-0.3, -0.25) is 4.98 Å². The lowest BCUT2D eigenvalue weighted by molar-refractivity contribution is 0.870. The number of aromatic nitrogens is 1. The molecule has 3 aromatic rings. The molecule has 3 heteroatoms. The van der Waals surface area contributed by atoms with Crippen LogP contribution in [0.4, 0.5) is 0 Å². The Kier molecular flexibility index (Phi) is 2.86. The van der Waals surface area contributed by atoms with E-state index in [9.17, 15) is 0 Å². The van der Waals surface area contributed by atoms with Crippen molar-refractivity contribution < 1.29 is 0 Å². The molecular weight excluding hydrogens is 240 g/mol. The molecule has 1 aromatic carbocycles. The molecule has 0 radical (unpaired) electrons. The van der Waals surface area contributed by atoms with Crippen LogP contribution in [-0.4, -0.2) is 4.98 Å². The number of benzene rings is 1. The van der Waals surface area contributed by atoms with Crippen molar-refractivity contribution in [1.82, 2.24) is 4.98 Å². The largest absolute Gasteiger partial charge is 0.320 e. The molecule has 3 rings (SSSR count). The van der Waals surface area contributed by atoms with E-state index in [-0.39, 0.29) is 6.04 Å². The maximum atomic E-state index is 6.39. The molecule has 2 aromatic heterocycles. The second kappa shape index (κ2) is 4.52. The molecule has 0 amide bonds. The van der Waals surface area contributed by atoms with Crippen LogP contribution in [0.3, 0.4) is 0 Å². The average Bonchev–Trinajstić information content (AvgIpc) is 2.83. The molecule has 0 saturated carbocycles. The summed E-state index contributed by atoms with van der Waals surface area (Å²) in [6.07, 6.45) is 3.76. The maximum absolute atomic E-state index is 6.39. The minimum Gasteiger partial charge on any atom is -0.320 e. The standard InChI is InChI=1S/C15H14N2S/c1-10-8-18-9-14(10)15(16)13-7-17-6-11-4-2-3-5-12(11)13/h2-9,15H,16H2,1H3. The number of aryl methyl sites for hydroxylation is 1. The fourth-order valence-corrected chi connectivity index (χ4v) is 3.13. The zero-order valence-corrected chi connectivity index (χ0v) is 10.9. The van der Waals surface area contributed by atoms with E-state index < -0.39 is 0 Å². The van der Waals surface area contributed by atoms with Gasteiger partial charge in [-0.15, -0.1) is 0 Å². The minimum absolute atomic E-state index is 0.102. The Morgan fingerprint density at radius 1 is 1.11 bits per heavy atom. The van der Waals surface area contributed by atoms with E-state index in [1.54, 1.807) is 11.3 Å². The summed E-state index contributed by atoms with van der Waals surface area (Å²) >= 11 is 1.69. The number of hydrogen-bond acceptors (Lipinski definition) is 3. The molecular formula is C15H14N2S. The third-order valence-corrected chi connectivity index (χ3v) is 4.14. The number of nitrogens with zero attached hydrogens (tertiary/aromatic N) is 1. The first-order valence-corrected chi connectivity index (χ1v) is 6.82. The van der Waals surface area contributed by atoms with Crippen molar-refractivity contribution in [3.05, 3.63) is 64.1 Å². The van der Waals surface area contributed by atoms with E-state index in [0.717, 1.165) is 10.9 Å². The van der Waals surface area contributed by atoms with Crippen molar-refractivity contribution in [3.8, 4) is 0 Å². The van der Waals surface area contributed by atoms with Gasteiger partial charge in [0.25, 0.3) is 0 Å². The van der Waals surface area contributed by atoms with Crippen LogP contribution >= 0.6 is 11.3 Å². The van der Waals surface area contributed by atoms with Gasteiger partial charge in [0.15, 0.2) is 0 Å². The summed E-state index contributed by atoms with van der Waals surface area (Å²) in [6, 6.07) is 8.14. The molecule has 0 aliphatic rings. The van der Waals surface area contributed by atoms with Crippen molar-refractivity contribution in [2.45, 2.75) is 13.0 Å². The first-order chi connectivity index (χ1) is 8.77. The Balaban J connectivity index is 2.18. The fraction of sp³-hybridized carbons (Fsp3) is 0.133. The summed E-state index contributed by atoms with van der Waals surface area (Å²) in [6.45, 7) is 2.10.